The van der Waals surface area contributed by atoms with Crippen molar-refractivity contribution in [3.05, 3.63) is 30.0 Å². The molecule has 0 saturated carbocycles. The summed E-state index contributed by atoms with van der Waals surface area (Å²) < 4.78 is 1.81. The monoisotopic (exact) mass is 206 g/mol. The largest absolute Gasteiger partial charge is 0.385 e. The van der Waals surface area contributed by atoms with Gasteiger partial charge >= 0.3 is 0 Å². The van der Waals surface area contributed by atoms with Crippen molar-refractivity contribution in [3.8, 4) is 0 Å². The minimum Gasteiger partial charge on any atom is -0.385 e. The number of aromatic nitrogens is 3. The number of hydrogen-bond donors (Lipinski definition) is 2. The van der Waals surface area contributed by atoms with Gasteiger partial charge in [0.1, 0.15) is 18.1 Å². The number of hydrogen-bond acceptors (Lipinski definition) is 4. The molecule has 2 aromatic rings. The Labute approximate surface area is 87.8 Å². The molecule has 0 saturated heterocycles. The number of aliphatic hydroxyl groups is 1. The number of fused-ring (bicyclic) bond motifs is 1. The van der Waals surface area contributed by atoms with Gasteiger partial charge in [-0.3, -0.25) is 4.40 Å². The van der Waals surface area contributed by atoms with E-state index < -0.39 is 6.10 Å². The quantitative estimate of drug-likeness (QED) is 0.757. The van der Waals surface area contributed by atoms with E-state index in [1.807, 2.05) is 13.0 Å². The van der Waals surface area contributed by atoms with E-state index in [9.17, 15) is 5.11 Å². The third-order valence-corrected chi connectivity index (χ3v) is 2.24. The standard InChI is InChI=1S/C10H14N4O/c1-7-3-10-13-8(9(15)4-11-2)5-14(10)6-12-7/h3,5-6,9,11,15H,4H2,1-2H3. The van der Waals surface area contributed by atoms with E-state index in [4.69, 9.17) is 0 Å². The highest BCUT2D eigenvalue weighted by molar-refractivity contribution is 5.40. The normalized spacial score (nSPS) is 13.3. The third kappa shape index (κ3) is 1.98. The lowest BCUT2D eigenvalue weighted by Crippen LogP contribution is -2.16. The summed E-state index contributed by atoms with van der Waals surface area (Å²) >= 11 is 0. The van der Waals surface area contributed by atoms with Crippen LogP contribution < -0.4 is 5.32 Å². The van der Waals surface area contributed by atoms with Gasteiger partial charge in [-0.2, -0.15) is 0 Å². The SMILES string of the molecule is CNCC(O)c1cn2cnc(C)cc2n1. The summed E-state index contributed by atoms with van der Waals surface area (Å²) in [4.78, 5) is 8.48. The van der Waals surface area contributed by atoms with Crippen LogP contribution >= 0.6 is 0 Å². The van der Waals surface area contributed by atoms with Crippen LogP contribution in [0.3, 0.4) is 0 Å². The van der Waals surface area contributed by atoms with Crippen LogP contribution in [0.2, 0.25) is 0 Å². The molecule has 2 N–H and O–H groups in total. The van der Waals surface area contributed by atoms with Gasteiger partial charge in [0.05, 0.1) is 5.69 Å². The molecule has 2 rings (SSSR count). The van der Waals surface area contributed by atoms with Crippen LogP contribution in [0.25, 0.3) is 5.65 Å². The highest BCUT2D eigenvalue weighted by Crippen LogP contribution is 2.12. The molecule has 80 valence electrons. The van der Waals surface area contributed by atoms with Gasteiger partial charge in [0.2, 0.25) is 0 Å². The number of rotatable bonds is 3. The van der Waals surface area contributed by atoms with Crippen LogP contribution in [0.1, 0.15) is 17.5 Å². The maximum absolute atomic E-state index is 9.73. The van der Waals surface area contributed by atoms with Crippen molar-refractivity contribution < 1.29 is 5.11 Å². The fraction of sp³-hybridized carbons (Fsp3) is 0.400. The first-order chi connectivity index (χ1) is 7.20. The van der Waals surface area contributed by atoms with E-state index in [1.54, 1.807) is 24.0 Å². The topological polar surface area (TPSA) is 62.5 Å². The van der Waals surface area contributed by atoms with Crippen molar-refractivity contribution in [2.24, 2.45) is 0 Å². The molecule has 0 radical (unpaired) electrons. The van der Waals surface area contributed by atoms with Gasteiger partial charge in [-0.05, 0) is 14.0 Å². The lowest BCUT2D eigenvalue weighted by atomic mass is 10.3. The van der Waals surface area contributed by atoms with E-state index in [-0.39, 0.29) is 0 Å². The Morgan fingerprint density at radius 2 is 2.40 bits per heavy atom. The fourth-order valence-electron chi connectivity index (χ4n) is 1.46. The zero-order valence-electron chi connectivity index (χ0n) is 8.81. The molecule has 0 aliphatic carbocycles. The molecular formula is C10H14N4O. The lowest BCUT2D eigenvalue weighted by Gasteiger charge is -2.04. The summed E-state index contributed by atoms with van der Waals surface area (Å²) in [6, 6.07) is 1.88. The second-order valence-corrected chi connectivity index (χ2v) is 3.54. The second-order valence-electron chi connectivity index (χ2n) is 3.54. The van der Waals surface area contributed by atoms with Gasteiger partial charge in [0.25, 0.3) is 0 Å². The highest BCUT2D eigenvalue weighted by Gasteiger charge is 2.10. The lowest BCUT2D eigenvalue weighted by molar-refractivity contribution is 0.173. The molecule has 0 aliphatic heterocycles. The molecule has 2 heterocycles. The summed E-state index contributed by atoms with van der Waals surface area (Å²) in [5, 5.41) is 12.6. The maximum atomic E-state index is 9.73. The number of aliphatic hydroxyl groups excluding tert-OH is 1. The minimum atomic E-state index is -0.574. The van der Waals surface area contributed by atoms with Crippen LogP contribution in [-0.2, 0) is 0 Å². The number of nitrogens with one attached hydrogen (secondary N) is 1. The first-order valence-electron chi connectivity index (χ1n) is 4.84. The summed E-state index contributed by atoms with van der Waals surface area (Å²) in [6.07, 6.45) is 2.92. The summed E-state index contributed by atoms with van der Waals surface area (Å²) in [5.74, 6) is 0. The zero-order valence-corrected chi connectivity index (χ0v) is 8.81. The van der Waals surface area contributed by atoms with Crippen molar-refractivity contribution in [1.82, 2.24) is 19.7 Å². The highest BCUT2D eigenvalue weighted by atomic mass is 16.3. The molecule has 0 spiro atoms. The molecule has 0 aliphatic rings. The molecule has 5 nitrogen and oxygen atoms in total. The number of likely N-dealkylation sites (N-methyl/N-ethyl adjacent to an activating group) is 1. The number of imidazole rings is 1. The summed E-state index contributed by atoms with van der Waals surface area (Å²) in [7, 11) is 1.80. The van der Waals surface area contributed by atoms with E-state index in [1.165, 1.54) is 0 Å². The number of aryl methyl sites for hydroxylation is 1. The van der Waals surface area contributed by atoms with Gasteiger partial charge in [-0.15, -0.1) is 0 Å². The van der Waals surface area contributed by atoms with Crippen LogP contribution in [0.4, 0.5) is 0 Å². The van der Waals surface area contributed by atoms with Gasteiger partial charge in [-0.1, -0.05) is 0 Å². The maximum Gasteiger partial charge on any atom is 0.140 e. The Morgan fingerprint density at radius 3 is 3.13 bits per heavy atom. The van der Waals surface area contributed by atoms with Crippen molar-refractivity contribution in [3.63, 3.8) is 0 Å². The molecule has 1 atom stereocenters. The molecule has 2 aromatic heterocycles. The smallest absolute Gasteiger partial charge is 0.140 e. The molecule has 0 fully saturated rings. The average Bonchev–Trinajstić information content (AvgIpc) is 2.60. The van der Waals surface area contributed by atoms with Crippen molar-refractivity contribution in [2.45, 2.75) is 13.0 Å². The van der Waals surface area contributed by atoms with Gasteiger partial charge in [0.15, 0.2) is 0 Å². The molecule has 0 aromatic carbocycles. The minimum absolute atomic E-state index is 0.496. The average molecular weight is 206 g/mol. The number of nitrogens with zero attached hydrogens (tertiary/aromatic N) is 3. The first kappa shape index (κ1) is 10.1. The van der Waals surface area contributed by atoms with E-state index in [0.29, 0.717) is 12.2 Å². The molecule has 5 heteroatoms. The van der Waals surface area contributed by atoms with Crippen LogP contribution in [0.15, 0.2) is 18.6 Å². The molecule has 0 amide bonds. The van der Waals surface area contributed by atoms with E-state index >= 15 is 0 Å². The van der Waals surface area contributed by atoms with Gasteiger partial charge in [0, 0.05) is 24.5 Å². The van der Waals surface area contributed by atoms with Gasteiger partial charge in [-0.25, -0.2) is 9.97 Å². The zero-order chi connectivity index (χ0) is 10.8. The molecule has 1 unspecified atom stereocenters. The molecule has 15 heavy (non-hydrogen) atoms. The summed E-state index contributed by atoms with van der Waals surface area (Å²) in [6.45, 7) is 2.41. The Morgan fingerprint density at radius 1 is 1.60 bits per heavy atom. The second kappa shape index (κ2) is 3.96. The summed E-state index contributed by atoms with van der Waals surface area (Å²) in [5.41, 5.74) is 2.40. The predicted octanol–water partition coefficient (Wildman–Crippen LogP) is 0.291. The fourth-order valence-corrected chi connectivity index (χ4v) is 1.46. The van der Waals surface area contributed by atoms with Crippen LogP contribution in [0.5, 0.6) is 0 Å². The van der Waals surface area contributed by atoms with Crippen LogP contribution in [-0.4, -0.2) is 33.1 Å². The predicted molar refractivity (Wildman–Crippen MR) is 56.6 cm³/mol. The molecule has 0 bridgehead atoms. The van der Waals surface area contributed by atoms with Crippen molar-refractivity contribution >= 4 is 5.65 Å². The Kier molecular flexibility index (Phi) is 2.66. The van der Waals surface area contributed by atoms with E-state index in [2.05, 4.69) is 15.3 Å². The Bertz CT molecular complexity index is 465. The third-order valence-electron chi connectivity index (χ3n) is 2.24. The molecular weight excluding hydrogens is 192 g/mol. The Balaban J connectivity index is 2.38. The van der Waals surface area contributed by atoms with Crippen molar-refractivity contribution in [2.75, 3.05) is 13.6 Å². The first-order valence-corrected chi connectivity index (χ1v) is 4.84. The van der Waals surface area contributed by atoms with Crippen molar-refractivity contribution in [1.29, 1.82) is 0 Å². The van der Waals surface area contributed by atoms with Crippen LogP contribution in [0, 0.1) is 6.92 Å². The van der Waals surface area contributed by atoms with E-state index in [0.717, 1.165) is 11.3 Å². The van der Waals surface area contributed by atoms with Gasteiger partial charge < -0.3 is 10.4 Å². The Hall–Kier alpha value is -1.46.